The van der Waals surface area contributed by atoms with E-state index in [1.54, 1.807) is 64.4 Å². The highest BCUT2D eigenvalue weighted by Gasteiger charge is 2.44. The van der Waals surface area contributed by atoms with Crippen LogP contribution in [0.2, 0.25) is 0 Å². The molecule has 2 aromatic carbocycles. The van der Waals surface area contributed by atoms with Crippen molar-refractivity contribution in [1.29, 1.82) is 0 Å². The Morgan fingerprint density at radius 3 is 2.20 bits per heavy atom. The number of ether oxygens (including phenoxy) is 3. The monoisotopic (exact) mass is 940 g/mol. The number of nitrogens with zero attached hydrogens (tertiary/aromatic N) is 3. The third-order valence-electron chi connectivity index (χ3n) is 11.7. The molecule has 364 valence electrons. The van der Waals surface area contributed by atoms with Gasteiger partial charge in [0, 0.05) is 60.6 Å². The van der Waals surface area contributed by atoms with Crippen molar-refractivity contribution in [2.75, 3.05) is 79.9 Å². The highest BCUT2D eigenvalue weighted by molar-refractivity contribution is 7.89. The quantitative estimate of drug-likeness (QED) is 0.0546. The number of amides is 4. The first kappa shape index (κ1) is 56.4. The summed E-state index contributed by atoms with van der Waals surface area (Å²) in [7, 11) is 4.40. The topological polar surface area (TPSA) is 205 Å². The van der Waals surface area contributed by atoms with E-state index in [2.05, 4.69) is 43.6 Å². The number of anilines is 1. The normalized spacial score (nSPS) is 18.1. The Balaban J connectivity index is 0.000000555. The zero-order chi connectivity index (χ0) is 48.3. The van der Waals surface area contributed by atoms with Gasteiger partial charge < -0.3 is 50.8 Å². The van der Waals surface area contributed by atoms with Gasteiger partial charge in [0.25, 0.3) is 0 Å². The first-order valence-electron chi connectivity index (χ1n) is 22.2. The van der Waals surface area contributed by atoms with Crippen molar-refractivity contribution >= 4 is 44.8 Å². The summed E-state index contributed by atoms with van der Waals surface area (Å²) in [4.78, 5) is 37.1. The van der Waals surface area contributed by atoms with Crippen LogP contribution in [0, 0.1) is 22.7 Å². The van der Waals surface area contributed by atoms with E-state index < -0.39 is 45.1 Å². The molecule has 5 atom stereocenters. The number of aliphatic hydroxyl groups excluding tert-OH is 1. The van der Waals surface area contributed by atoms with Crippen molar-refractivity contribution in [2.24, 2.45) is 28.4 Å². The van der Waals surface area contributed by atoms with Gasteiger partial charge in [-0.05, 0) is 97.2 Å². The Morgan fingerprint density at radius 2 is 1.62 bits per heavy atom. The summed E-state index contributed by atoms with van der Waals surface area (Å²) in [5.74, 6) is 0.648. The molecule has 0 bridgehead atoms. The van der Waals surface area contributed by atoms with Gasteiger partial charge >= 0.3 is 17.5 Å². The largest absolute Gasteiger partial charge is 0.443 e. The van der Waals surface area contributed by atoms with Crippen LogP contribution < -0.4 is 21.7 Å². The molecule has 0 aromatic heterocycles. The number of benzene rings is 2. The number of sulfonamides is 1. The number of nitrogens with two attached hydrogens (primary N) is 1. The molecular weight excluding hydrogens is 862 g/mol. The summed E-state index contributed by atoms with van der Waals surface area (Å²) in [5, 5.41) is 19.9. The highest BCUT2D eigenvalue weighted by atomic mass is 35.5. The van der Waals surface area contributed by atoms with Crippen LogP contribution in [-0.4, -0.2) is 144 Å². The second-order valence-electron chi connectivity index (χ2n) is 18.6. The van der Waals surface area contributed by atoms with E-state index in [9.17, 15) is 27.9 Å². The molecule has 2 aliphatic heterocycles. The third kappa shape index (κ3) is 19.4. The Bertz CT molecular complexity index is 1820. The molecule has 16 nitrogen and oxygen atoms in total. The van der Waals surface area contributed by atoms with E-state index in [4.69, 9.17) is 31.5 Å². The predicted octanol–water partition coefficient (Wildman–Crippen LogP) is 6.57. The Hall–Kier alpha value is -3.71. The van der Waals surface area contributed by atoms with Crippen LogP contribution in [0.1, 0.15) is 79.2 Å². The summed E-state index contributed by atoms with van der Waals surface area (Å²) in [6, 6.07) is 15.2. The number of carbonyl (C=O) groups is 3. The predicted molar refractivity (Wildman–Crippen MR) is 254 cm³/mol. The van der Waals surface area contributed by atoms with Crippen LogP contribution in [0.5, 0.6) is 0 Å². The smallest absolute Gasteiger partial charge is 0.407 e. The lowest BCUT2D eigenvalue weighted by Gasteiger charge is -2.35. The van der Waals surface area contributed by atoms with Gasteiger partial charge in [-0.2, -0.15) is 4.31 Å². The fraction of sp³-hybridized carbons (Fsp3) is 0.674. The van der Waals surface area contributed by atoms with E-state index in [0.717, 1.165) is 37.8 Å². The van der Waals surface area contributed by atoms with Gasteiger partial charge in [-0.25, -0.2) is 18.0 Å². The van der Waals surface area contributed by atoms with Gasteiger partial charge in [-0.3, -0.25) is 4.79 Å². The van der Waals surface area contributed by atoms with Crippen LogP contribution in [0.25, 0.3) is 0 Å². The average Bonchev–Trinajstić information content (AvgIpc) is 3.87. The fourth-order valence-electron chi connectivity index (χ4n) is 6.89. The number of nitrogens with one attached hydrogen (secondary N) is 3. The van der Waals surface area contributed by atoms with Gasteiger partial charge in [0.2, 0.25) is 10.0 Å². The number of rotatable bonds is 20. The molecule has 18 heteroatoms. The second-order valence-corrected chi connectivity index (χ2v) is 20.9. The molecule has 4 amide bonds. The van der Waals surface area contributed by atoms with E-state index in [1.165, 1.54) is 9.21 Å². The number of fused-ring (bicyclic) bond motifs is 1. The first-order chi connectivity index (χ1) is 29.9. The minimum Gasteiger partial charge on any atom is -0.443 e. The SMILES string of the molecule is CC(C)C(C)(C)CCCNC(=O)N(C)C.CN(C)C(=O)Cl.CNc1cccc(S(=O)(=O)N(C[C@@H](O)[C@H](Cc2ccccc2)NC(=O)O[C@H]2CO[C@H]3OCC[C@H]32)CC(C)(C)CCCN)c1. The molecule has 2 saturated heterocycles. The van der Waals surface area contributed by atoms with Crippen LogP contribution >= 0.6 is 11.6 Å². The second kappa shape index (κ2) is 27.1. The van der Waals surface area contributed by atoms with Crippen molar-refractivity contribution in [2.45, 2.75) is 110 Å². The number of halogens is 1. The highest BCUT2D eigenvalue weighted by Crippen LogP contribution is 2.34. The molecule has 2 fully saturated rings. The maximum atomic E-state index is 14.1. The molecule has 0 saturated carbocycles. The number of urea groups is 1. The van der Waals surface area contributed by atoms with Crippen molar-refractivity contribution in [3.63, 3.8) is 0 Å². The zero-order valence-electron chi connectivity index (χ0n) is 40.1. The number of aliphatic hydroxyl groups is 1. The maximum Gasteiger partial charge on any atom is 0.407 e. The summed E-state index contributed by atoms with van der Waals surface area (Å²) in [6.07, 6.45) is 1.88. The average molecular weight is 941 g/mol. The molecule has 0 aliphatic carbocycles. The molecule has 2 aliphatic rings. The van der Waals surface area contributed by atoms with Crippen LogP contribution in [0.15, 0.2) is 59.5 Å². The summed E-state index contributed by atoms with van der Waals surface area (Å²) < 4.78 is 46.3. The minimum absolute atomic E-state index is 0.00245. The van der Waals surface area contributed by atoms with Crippen molar-refractivity contribution < 1.29 is 42.1 Å². The molecule has 0 unspecified atom stereocenters. The van der Waals surface area contributed by atoms with Crippen LogP contribution in [0.3, 0.4) is 0 Å². The fourth-order valence-corrected chi connectivity index (χ4v) is 8.58. The molecule has 4 rings (SSSR count). The zero-order valence-corrected chi connectivity index (χ0v) is 41.6. The summed E-state index contributed by atoms with van der Waals surface area (Å²) >= 11 is 4.90. The van der Waals surface area contributed by atoms with Crippen LogP contribution in [-0.2, 0) is 30.7 Å². The summed E-state index contributed by atoms with van der Waals surface area (Å²) in [5.41, 5.74) is 7.23. The lowest BCUT2D eigenvalue weighted by atomic mass is 9.77. The Morgan fingerprint density at radius 1 is 0.969 bits per heavy atom. The van der Waals surface area contributed by atoms with E-state index in [1.807, 2.05) is 44.2 Å². The Labute approximate surface area is 388 Å². The third-order valence-corrected chi connectivity index (χ3v) is 13.9. The van der Waals surface area contributed by atoms with E-state index >= 15 is 0 Å². The van der Waals surface area contributed by atoms with E-state index in [-0.39, 0.29) is 49.3 Å². The molecular formula is C46H78ClN7O9S. The first-order valence-corrected chi connectivity index (χ1v) is 24.0. The van der Waals surface area contributed by atoms with Gasteiger partial charge in [0.05, 0.1) is 36.2 Å². The molecule has 64 heavy (non-hydrogen) atoms. The Kier molecular flexibility index (Phi) is 23.9. The molecule has 0 radical (unpaired) electrons. The lowest BCUT2D eigenvalue weighted by molar-refractivity contribution is -0.0907. The lowest BCUT2D eigenvalue weighted by Crippen LogP contribution is -2.52. The van der Waals surface area contributed by atoms with Gasteiger partial charge in [-0.15, -0.1) is 0 Å². The van der Waals surface area contributed by atoms with Crippen LogP contribution in [0.4, 0.5) is 20.1 Å². The standard InChI is InChI=1S/C31H46N4O7S.C12H26N2O.C3H6ClNO/c1-31(2,14-8-15-32)21-35(43(38,39)24-12-7-11-23(18-24)33-3)19-27(36)26(17-22-9-5-4-6-10-22)34-30(37)42-28-20-41-29-25(28)13-16-40-29;1-10(2)12(3,4)8-7-9-13-11(15)14(5)6;1-5(2)3(4)6/h4-7,9-12,18,25-29,33,36H,8,13-17,19-21,32H2,1-3H3,(H,34,37);10H,7-9H2,1-6H3,(H,13,15);1-2H3/t25-,26-,27+,28-,29+;;/m0../s1. The van der Waals surface area contributed by atoms with Crippen molar-refractivity contribution in [3.8, 4) is 0 Å². The molecule has 2 heterocycles. The maximum absolute atomic E-state index is 14.1. The van der Waals surface area contributed by atoms with Gasteiger partial charge in [0.1, 0.15) is 6.10 Å². The number of hydrogen-bond donors (Lipinski definition) is 5. The van der Waals surface area contributed by atoms with Crippen molar-refractivity contribution in [1.82, 2.24) is 24.7 Å². The van der Waals surface area contributed by atoms with Gasteiger partial charge in [-0.1, -0.05) is 77.9 Å². The van der Waals surface area contributed by atoms with Crippen molar-refractivity contribution in [3.05, 3.63) is 60.2 Å². The molecule has 0 spiro atoms. The molecule has 6 N–H and O–H groups in total. The van der Waals surface area contributed by atoms with E-state index in [0.29, 0.717) is 36.6 Å². The number of hydrogen-bond acceptors (Lipinski definition) is 11. The minimum atomic E-state index is -4.02. The number of carbonyl (C=O) groups excluding carboxylic acids is 3. The summed E-state index contributed by atoms with van der Waals surface area (Å²) in [6.45, 7) is 15.0. The molecule has 2 aromatic rings. The van der Waals surface area contributed by atoms with Gasteiger partial charge in [0.15, 0.2) is 6.29 Å². The number of alkyl carbamates (subject to hydrolysis) is 1.